The minimum Gasteiger partial charge on any atom is -0.324 e. The molecule has 0 aliphatic rings. The molecule has 1 unspecified atom stereocenters. The predicted octanol–water partition coefficient (Wildman–Crippen LogP) is 4.08. The van der Waals surface area contributed by atoms with Gasteiger partial charge in [-0.25, -0.2) is 0 Å². The summed E-state index contributed by atoms with van der Waals surface area (Å²) in [4.78, 5) is 4.39. The zero-order valence-electron chi connectivity index (χ0n) is 11.0. The Morgan fingerprint density at radius 3 is 2.55 bits per heavy atom. The lowest BCUT2D eigenvalue weighted by molar-refractivity contribution is 0.727. The second kappa shape index (κ2) is 5.89. The number of hydrogen-bond acceptors (Lipinski definition) is 2. The Hall–Kier alpha value is -1.46. The highest BCUT2D eigenvalue weighted by atomic mass is 127. The van der Waals surface area contributed by atoms with Crippen LogP contribution in [0.2, 0.25) is 0 Å². The van der Waals surface area contributed by atoms with Gasteiger partial charge in [0.1, 0.15) is 0 Å². The molecule has 1 heterocycles. The van der Waals surface area contributed by atoms with Crippen LogP contribution in [-0.4, -0.2) is 4.98 Å². The highest BCUT2D eigenvalue weighted by molar-refractivity contribution is 14.1. The highest BCUT2D eigenvalue weighted by Gasteiger charge is 2.10. The Kier molecular flexibility index (Phi) is 3.98. The Labute approximate surface area is 132 Å². The van der Waals surface area contributed by atoms with Crippen LogP contribution in [0.3, 0.4) is 0 Å². The molecule has 0 aliphatic carbocycles. The molecule has 1 atom stereocenters. The molecule has 0 radical (unpaired) electrons. The van der Waals surface area contributed by atoms with Crippen LogP contribution in [-0.2, 0) is 6.42 Å². The number of hydrogen-bond donors (Lipinski definition) is 1. The van der Waals surface area contributed by atoms with Crippen molar-refractivity contribution >= 4 is 33.5 Å². The molecule has 0 saturated heterocycles. The lowest BCUT2D eigenvalue weighted by Gasteiger charge is -2.14. The van der Waals surface area contributed by atoms with Gasteiger partial charge in [-0.1, -0.05) is 30.3 Å². The summed E-state index contributed by atoms with van der Waals surface area (Å²) < 4.78 is 1.24. The zero-order chi connectivity index (χ0) is 13.9. The molecule has 0 fully saturated rings. The maximum Gasteiger partial charge on any atom is 0.0705 e. The molecule has 2 aromatic carbocycles. The molecule has 0 amide bonds. The Balaban J connectivity index is 1.92. The third kappa shape index (κ3) is 2.83. The molecule has 20 heavy (non-hydrogen) atoms. The molecular weight excluding hydrogens is 359 g/mol. The largest absolute Gasteiger partial charge is 0.324 e. The maximum atomic E-state index is 6.40. The van der Waals surface area contributed by atoms with Crippen LogP contribution < -0.4 is 5.73 Å². The topological polar surface area (TPSA) is 38.9 Å². The van der Waals surface area contributed by atoms with Gasteiger partial charge >= 0.3 is 0 Å². The first-order valence-corrected chi connectivity index (χ1v) is 7.65. The number of nitrogens with zero attached hydrogens (tertiary/aromatic N) is 1. The van der Waals surface area contributed by atoms with Crippen LogP contribution in [0.25, 0.3) is 10.9 Å². The summed E-state index contributed by atoms with van der Waals surface area (Å²) >= 11 is 2.31. The van der Waals surface area contributed by atoms with Crippen molar-refractivity contribution in [3.8, 4) is 0 Å². The second-order valence-electron chi connectivity index (χ2n) is 4.85. The van der Waals surface area contributed by atoms with Crippen LogP contribution in [0.5, 0.6) is 0 Å². The van der Waals surface area contributed by atoms with E-state index in [1.165, 1.54) is 9.13 Å². The molecule has 1 aromatic heterocycles. The summed E-state index contributed by atoms with van der Waals surface area (Å²) in [5.41, 5.74) is 9.83. The first-order chi connectivity index (χ1) is 9.74. The van der Waals surface area contributed by atoms with Gasteiger partial charge in [0.15, 0.2) is 0 Å². The number of benzene rings is 2. The van der Waals surface area contributed by atoms with Crippen LogP contribution >= 0.6 is 22.6 Å². The number of para-hydroxylation sites is 1. The van der Waals surface area contributed by atoms with Gasteiger partial charge in [0, 0.05) is 21.2 Å². The second-order valence-corrected chi connectivity index (χ2v) is 6.10. The fourth-order valence-corrected chi connectivity index (χ4v) is 2.79. The summed E-state index contributed by atoms with van der Waals surface area (Å²) in [6.07, 6.45) is 2.68. The predicted molar refractivity (Wildman–Crippen MR) is 91.5 cm³/mol. The first-order valence-electron chi connectivity index (χ1n) is 6.58. The monoisotopic (exact) mass is 374 g/mol. The van der Waals surface area contributed by atoms with Gasteiger partial charge in [-0.05, 0) is 64.4 Å². The fraction of sp³-hybridized carbons (Fsp3) is 0.118. The molecule has 0 saturated carbocycles. The summed E-state index contributed by atoms with van der Waals surface area (Å²) in [5, 5.41) is 1.15. The fourth-order valence-electron chi connectivity index (χ4n) is 2.43. The third-order valence-electron chi connectivity index (χ3n) is 3.45. The van der Waals surface area contributed by atoms with Crippen molar-refractivity contribution in [2.75, 3.05) is 0 Å². The maximum absolute atomic E-state index is 6.40. The molecule has 2 nitrogen and oxygen atoms in total. The molecule has 3 aromatic rings. The standard InChI is InChI=1S/C17H15IN2/c18-13-7-5-12(6-8-13)11-16(19)14-9-10-20-17-4-2-1-3-15(14)17/h1-10,16H,11,19H2. The van der Waals surface area contributed by atoms with E-state index in [0.717, 1.165) is 22.9 Å². The molecule has 0 spiro atoms. The van der Waals surface area contributed by atoms with Crippen LogP contribution in [0, 0.1) is 3.57 Å². The van der Waals surface area contributed by atoms with Gasteiger partial charge in [0.25, 0.3) is 0 Å². The zero-order valence-corrected chi connectivity index (χ0v) is 13.1. The van der Waals surface area contributed by atoms with Gasteiger partial charge in [-0.2, -0.15) is 0 Å². The van der Waals surface area contributed by atoms with E-state index in [4.69, 9.17) is 5.73 Å². The average Bonchev–Trinajstić information content (AvgIpc) is 2.49. The summed E-state index contributed by atoms with van der Waals surface area (Å²) in [6.45, 7) is 0. The van der Waals surface area contributed by atoms with E-state index in [1.54, 1.807) is 0 Å². The van der Waals surface area contributed by atoms with E-state index in [2.05, 4.69) is 57.9 Å². The lowest BCUT2D eigenvalue weighted by Crippen LogP contribution is -2.14. The van der Waals surface area contributed by atoms with Crippen molar-refractivity contribution in [2.24, 2.45) is 5.73 Å². The van der Waals surface area contributed by atoms with Gasteiger partial charge in [-0.15, -0.1) is 0 Å². The van der Waals surface area contributed by atoms with Gasteiger partial charge in [-0.3, -0.25) is 4.98 Å². The first kappa shape index (κ1) is 13.5. The minimum atomic E-state index is -0.0111. The molecular formula is C17H15IN2. The Bertz CT molecular complexity index is 717. The molecule has 2 N–H and O–H groups in total. The SMILES string of the molecule is NC(Cc1ccc(I)cc1)c1ccnc2ccccc12. The smallest absolute Gasteiger partial charge is 0.0705 e. The van der Waals surface area contributed by atoms with Crippen molar-refractivity contribution in [2.45, 2.75) is 12.5 Å². The van der Waals surface area contributed by atoms with E-state index in [0.29, 0.717) is 0 Å². The summed E-state index contributed by atoms with van der Waals surface area (Å²) in [7, 11) is 0. The average molecular weight is 374 g/mol. The number of aromatic nitrogens is 1. The Morgan fingerprint density at radius 1 is 1.00 bits per heavy atom. The summed E-state index contributed by atoms with van der Waals surface area (Å²) in [5.74, 6) is 0. The number of rotatable bonds is 3. The quantitative estimate of drug-likeness (QED) is 0.702. The normalized spacial score (nSPS) is 12.5. The van der Waals surface area contributed by atoms with Gasteiger partial charge in [0.2, 0.25) is 0 Å². The van der Waals surface area contributed by atoms with E-state index in [9.17, 15) is 0 Å². The number of fused-ring (bicyclic) bond motifs is 1. The van der Waals surface area contributed by atoms with Crippen molar-refractivity contribution < 1.29 is 0 Å². The van der Waals surface area contributed by atoms with Crippen molar-refractivity contribution in [3.05, 3.63) is 75.5 Å². The third-order valence-corrected chi connectivity index (χ3v) is 4.17. The van der Waals surface area contributed by atoms with E-state index in [1.807, 2.05) is 30.5 Å². The van der Waals surface area contributed by atoms with Crippen molar-refractivity contribution in [1.82, 2.24) is 4.98 Å². The van der Waals surface area contributed by atoms with Crippen molar-refractivity contribution in [1.29, 1.82) is 0 Å². The minimum absolute atomic E-state index is 0.0111. The number of halogens is 1. The number of pyridine rings is 1. The Morgan fingerprint density at radius 2 is 1.75 bits per heavy atom. The lowest BCUT2D eigenvalue weighted by atomic mass is 9.97. The highest BCUT2D eigenvalue weighted by Crippen LogP contribution is 2.24. The molecule has 3 rings (SSSR count). The molecule has 0 bridgehead atoms. The molecule has 100 valence electrons. The van der Waals surface area contributed by atoms with Crippen LogP contribution in [0.4, 0.5) is 0 Å². The number of nitrogens with two attached hydrogens (primary N) is 1. The van der Waals surface area contributed by atoms with E-state index < -0.39 is 0 Å². The van der Waals surface area contributed by atoms with Gasteiger partial charge < -0.3 is 5.73 Å². The molecule has 3 heteroatoms. The van der Waals surface area contributed by atoms with Gasteiger partial charge in [0.05, 0.1) is 5.52 Å². The van der Waals surface area contributed by atoms with Crippen LogP contribution in [0.1, 0.15) is 17.2 Å². The molecule has 0 aliphatic heterocycles. The van der Waals surface area contributed by atoms with Crippen LogP contribution in [0.15, 0.2) is 60.8 Å². The summed E-state index contributed by atoms with van der Waals surface area (Å²) in [6, 6.07) is 18.7. The van der Waals surface area contributed by atoms with E-state index in [-0.39, 0.29) is 6.04 Å². The van der Waals surface area contributed by atoms with Crippen molar-refractivity contribution in [3.63, 3.8) is 0 Å². The van der Waals surface area contributed by atoms with E-state index >= 15 is 0 Å².